The summed E-state index contributed by atoms with van der Waals surface area (Å²) in [6.45, 7) is 3.62. The van der Waals surface area contributed by atoms with Crippen LogP contribution in [-0.2, 0) is 0 Å². The molecule has 1 amide bonds. The molecule has 0 aliphatic rings. The van der Waals surface area contributed by atoms with E-state index in [0.717, 1.165) is 11.9 Å². The molecule has 3 aromatic rings. The molecule has 0 atom stereocenters. The maximum absolute atomic E-state index is 12.1. The number of hydrazone groups is 1. The van der Waals surface area contributed by atoms with Crippen molar-refractivity contribution in [3.05, 3.63) is 85.5 Å². The van der Waals surface area contributed by atoms with E-state index in [1.54, 1.807) is 17.6 Å². The summed E-state index contributed by atoms with van der Waals surface area (Å²) in [6.07, 6.45) is 2.41. The van der Waals surface area contributed by atoms with E-state index < -0.39 is 15.8 Å². The fourth-order valence-corrected chi connectivity index (χ4v) is 3.10. The zero-order valence-corrected chi connectivity index (χ0v) is 17.3. The van der Waals surface area contributed by atoms with Crippen molar-refractivity contribution in [1.29, 1.82) is 0 Å². The Kier molecular flexibility index (Phi) is 6.24. The lowest BCUT2D eigenvalue weighted by atomic mass is 10.2. The van der Waals surface area contributed by atoms with Crippen LogP contribution in [-0.4, -0.2) is 38.6 Å². The molecular formula is C20H18N6O6. The molecule has 2 aromatic heterocycles. The lowest BCUT2D eigenvalue weighted by Crippen LogP contribution is -2.19. The Hall–Kier alpha value is -4.61. The molecule has 3 rings (SSSR count). The van der Waals surface area contributed by atoms with Crippen LogP contribution in [0.1, 0.15) is 27.4 Å². The van der Waals surface area contributed by atoms with Crippen molar-refractivity contribution in [3.63, 3.8) is 0 Å². The van der Waals surface area contributed by atoms with Gasteiger partial charge in [0.05, 0.1) is 28.9 Å². The van der Waals surface area contributed by atoms with Crippen LogP contribution >= 0.6 is 0 Å². The number of hydrogen-bond acceptors (Lipinski definition) is 8. The van der Waals surface area contributed by atoms with Gasteiger partial charge >= 0.3 is 0 Å². The number of hydrogen-bond donors (Lipinski definition) is 1. The van der Waals surface area contributed by atoms with Crippen molar-refractivity contribution in [2.45, 2.75) is 13.8 Å². The summed E-state index contributed by atoms with van der Waals surface area (Å²) in [4.78, 5) is 36.6. The molecule has 12 heteroatoms. The molecule has 1 N–H and O–H groups in total. The van der Waals surface area contributed by atoms with Gasteiger partial charge in [-0.3, -0.25) is 25.0 Å². The minimum Gasteiger partial charge on any atom is -0.495 e. The van der Waals surface area contributed by atoms with Crippen molar-refractivity contribution < 1.29 is 19.4 Å². The Labute approximate surface area is 181 Å². The van der Waals surface area contributed by atoms with E-state index in [2.05, 4.69) is 15.5 Å². The van der Waals surface area contributed by atoms with Gasteiger partial charge in [0.15, 0.2) is 0 Å². The number of nitrogens with zero attached hydrogens (tertiary/aromatic N) is 5. The van der Waals surface area contributed by atoms with Gasteiger partial charge in [-0.15, -0.1) is 0 Å². The number of benzene rings is 1. The lowest BCUT2D eigenvalue weighted by molar-refractivity contribution is -0.385. The van der Waals surface area contributed by atoms with Gasteiger partial charge in [0.2, 0.25) is 0 Å². The van der Waals surface area contributed by atoms with Gasteiger partial charge in [0.25, 0.3) is 17.3 Å². The highest BCUT2D eigenvalue weighted by molar-refractivity contribution is 5.93. The van der Waals surface area contributed by atoms with E-state index in [9.17, 15) is 25.0 Å². The molecular weight excluding hydrogens is 420 g/mol. The third-order valence-corrected chi connectivity index (χ3v) is 4.65. The van der Waals surface area contributed by atoms with Gasteiger partial charge < -0.3 is 9.30 Å². The summed E-state index contributed by atoms with van der Waals surface area (Å²) >= 11 is 0. The number of pyridine rings is 1. The number of carbonyl (C=O) groups is 1. The van der Waals surface area contributed by atoms with Crippen LogP contribution in [0.2, 0.25) is 0 Å². The van der Waals surface area contributed by atoms with Crippen LogP contribution in [0.4, 0.5) is 11.4 Å². The highest BCUT2D eigenvalue weighted by Crippen LogP contribution is 2.31. The first-order valence-electron chi connectivity index (χ1n) is 9.18. The number of amides is 1. The third-order valence-electron chi connectivity index (χ3n) is 4.65. The van der Waals surface area contributed by atoms with E-state index in [0.29, 0.717) is 22.7 Å². The largest absolute Gasteiger partial charge is 0.495 e. The predicted octanol–water partition coefficient (Wildman–Crippen LogP) is 3.08. The summed E-state index contributed by atoms with van der Waals surface area (Å²) in [6, 6.07) is 8.50. The number of ether oxygens (including phenoxy) is 1. The lowest BCUT2D eigenvalue weighted by Gasteiger charge is -2.13. The zero-order chi connectivity index (χ0) is 23.4. The molecule has 164 valence electrons. The maximum atomic E-state index is 12.1. The van der Waals surface area contributed by atoms with Crippen molar-refractivity contribution in [3.8, 4) is 11.4 Å². The first kappa shape index (κ1) is 22.1. The first-order valence-corrected chi connectivity index (χ1v) is 9.18. The number of rotatable bonds is 7. The highest BCUT2D eigenvalue weighted by atomic mass is 16.6. The Balaban J connectivity index is 1.84. The Bertz CT molecular complexity index is 1230. The first-order chi connectivity index (χ1) is 15.2. The highest BCUT2D eigenvalue weighted by Gasteiger charge is 2.17. The van der Waals surface area contributed by atoms with Crippen molar-refractivity contribution in [2.75, 3.05) is 7.11 Å². The van der Waals surface area contributed by atoms with E-state index in [-0.39, 0.29) is 17.1 Å². The summed E-state index contributed by atoms with van der Waals surface area (Å²) in [5.41, 5.74) is 4.62. The minimum absolute atomic E-state index is 0.0282. The Morgan fingerprint density at radius 2 is 1.81 bits per heavy atom. The van der Waals surface area contributed by atoms with Gasteiger partial charge in [0.1, 0.15) is 17.6 Å². The molecule has 0 bridgehead atoms. The predicted molar refractivity (Wildman–Crippen MR) is 114 cm³/mol. The van der Waals surface area contributed by atoms with Crippen molar-refractivity contribution >= 4 is 23.5 Å². The van der Waals surface area contributed by atoms with Gasteiger partial charge in [0, 0.05) is 35.2 Å². The molecule has 1 aromatic carbocycles. The number of nitrogens with one attached hydrogen (secondary N) is 1. The van der Waals surface area contributed by atoms with Gasteiger partial charge in [-0.05, 0) is 32.0 Å². The quantitative estimate of drug-likeness (QED) is 0.337. The van der Waals surface area contributed by atoms with Gasteiger partial charge in [-0.1, -0.05) is 0 Å². The van der Waals surface area contributed by atoms with Crippen LogP contribution in [0, 0.1) is 34.1 Å². The molecule has 32 heavy (non-hydrogen) atoms. The van der Waals surface area contributed by atoms with E-state index >= 15 is 0 Å². The fourth-order valence-electron chi connectivity index (χ4n) is 3.10. The topological polar surface area (TPSA) is 155 Å². The summed E-state index contributed by atoms with van der Waals surface area (Å²) in [5, 5.41) is 25.8. The molecule has 0 fully saturated rings. The second-order valence-electron chi connectivity index (χ2n) is 6.63. The molecule has 0 spiro atoms. The number of carbonyl (C=O) groups excluding carboxylic acids is 1. The van der Waals surface area contributed by atoms with Crippen molar-refractivity contribution in [1.82, 2.24) is 15.0 Å². The van der Waals surface area contributed by atoms with E-state index in [1.165, 1.54) is 43.7 Å². The Morgan fingerprint density at radius 3 is 2.41 bits per heavy atom. The number of nitro benzene ring substituents is 1. The van der Waals surface area contributed by atoms with Gasteiger partial charge in [-0.2, -0.15) is 5.10 Å². The van der Waals surface area contributed by atoms with Crippen LogP contribution in [0.25, 0.3) is 5.69 Å². The van der Waals surface area contributed by atoms with E-state index in [4.69, 9.17) is 4.74 Å². The Morgan fingerprint density at radius 1 is 1.12 bits per heavy atom. The second-order valence-corrected chi connectivity index (χ2v) is 6.63. The average Bonchev–Trinajstić information content (AvgIpc) is 3.06. The summed E-state index contributed by atoms with van der Waals surface area (Å²) in [7, 11) is 1.48. The smallest absolute Gasteiger partial charge is 0.289 e. The summed E-state index contributed by atoms with van der Waals surface area (Å²) in [5.74, 6) is -0.177. The molecule has 12 nitrogen and oxygen atoms in total. The molecule has 0 saturated heterocycles. The molecule has 0 aliphatic carbocycles. The molecule has 0 aliphatic heterocycles. The fraction of sp³-hybridized carbons (Fsp3) is 0.150. The van der Waals surface area contributed by atoms with Crippen LogP contribution in [0.5, 0.6) is 5.75 Å². The number of methoxy groups -OCH3 is 1. The monoisotopic (exact) mass is 438 g/mol. The molecule has 0 radical (unpaired) electrons. The van der Waals surface area contributed by atoms with Crippen molar-refractivity contribution in [2.24, 2.45) is 5.10 Å². The zero-order valence-electron chi connectivity index (χ0n) is 17.3. The van der Waals surface area contributed by atoms with Crippen LogP contribution in [0.3, 0.4) is 0 Å². The van der Waals surface area contributed by atoms with E-state index in [1.807, 2.05) is 6.92 Å². The number of nitro groups is 2. The second kappa shape index (κ2) is 9.04. The number of aryl methyl sites for hydroxylation is 1. The SMILES string of the molecule is COc1ccc([N+](=O)[O-])cc1-n1c(C)cc(/C=N/NC(=O)c2ccc([N+](=O)[O-])cn2)c1C. The number of non-ortho nitro benzene ring substituents is 1. The molecule has 2 heterocycles. The molecule has 0 saturated carbocycles. The average molecular weight is 438 g/mol. The third kappa shape index (κ3) is 4.43. The number of aromatic nitrogens is 2. The van der Waals surface area contributed by atoms with Crippen LogP contribution < -0.4 is 10.2 Å². The summed E-state index contributed by atoms with van der Waals surface area (Å²) < 4.78 is 7.14. The maximum Gasteiger partial charge on any atom is 0.289 e. The van der Waals surface area contributed by atoms with Crippen LogP contribution in [0.15, 0.2) is 47.7 Å². The minimum atomic E-state index is -0.634. The molecule has 0 unspecified atom stereocenters. The normalized spacial score (nSPS) is 10.8. The van der Waals surface area contributed by atoms with Gasteiger partial charge in [-0.25, -0.2) is 10.4 Å². The standard InChI is InChI=1S/C20H18N6O6/c1-12-8-14(10-22-23-20(27)17-6-4-16(11-21-17)26(30)31)13(2)24(12)18-9-15(25(28)29)5-7-19(18)32-3/h4-11H,1-3H3,(H,23,27)/b22-10+.